The van der Waals surface area contributed by atoms with Gasteiger partial charge in [0.25, 0.3) is 0 Å². The SMILES string of the molecule is CCCCC(NC(=O)OCc1ccccc1)C(=O)NC(CCCCN)C(=O)NC(CCCN=C(N)N)C(=O)Nc1ccc2c(C)cc(=O)oc2c1. The highest BCUT2D eigenvalue weighted by Crippen LogP contribution is 2.21. The second-order valence-corrected chi connectivity index (χ2v) is 12.2. The number of anilines is 1. The van der Waals surface area contributed by atoms with Crippen LogP contribution in [0, 0.1) is 6.92 Å². The zero-order valence-corrected chi connectivity index (χ0v) is 29.2. The standard InChI is InChI=1S/C36H50N8O7/c1-3-4-13-29(44-36(49)50-22-24-11-6-5-7-12-24)34(48)42-27(14-8-9-18-37)33(47)43-28(15-10-19-40-35(38)39)32(46)41-25-16-17-26-23(2)20-31(45)51-30(26)21-25/h5-7,11-12,16-17,20-21,27-29H,3-4,8-10,13-15,18-19,22,37H2,1-2H3,(H,41,46)(H,42,48)(H,43,47)(H,44,49)(H4,38,39,40). The lowest BCUT2D eigenvalue weighted by molar-refractivity contribution is -0.132. The zero-order chi connectivity index (χ0) is 37.2. The molecule has 3 rings (SSSR count). The number of nitrogens with one attached hydrogen (secondary N) is 4. The molecule has 0 aliphatic heterocycles. The van der Waals surface area contributed by atoms with Crippen molar-refractivity contribution in [2.45, 2.75) is 89.9 Å². The summed E-state index contributed by atoms with van der Waals surface area (Å²) >= 11 is 0. The van der Waals surface area contributed by atoms with Crippen LogP contribution in [0.4, 0.5) is 10.5 Å². The van der Waals surface area contributed by atoms with Gasteiger partial charge in [0, 0.05) is 29.8 Å². The fourth-order valence-electron chi connectivity index (χ4n) is 5.29. The molecule has 0 bridgehead atoms. The second-order valence-electron chi connectivity index (χ2n) is 12.2. The summed E-state index contributed by atoms with van der Waals surface area (Å²) in [7, 11) is 0. The molecule has 4 amide bonds. The van der Waals surface area contributed by atoms with E-state index in [9.17, 15) is 24.0 Å². The molecule has 0 aliphatic carbocycles. The minimum atomic E-state index is -1.05. The quantitative estimate of drug-likeness (QED) is 0.0392. The number of carbonyl (C=O) groups excluding carboxylic acids is 4. The second kappa shape index (κ2) is 20.9. The number of aliphatic imine (C=N–C) groups is 1. The predicted molar refractivity (Wildman–Crippen MR) is 196 cm³/mol. The van der Waals surface area contributed by atoms with E-state index in [2.05, 4.69) is 26.3 Å². The molecule has 3 unspecified atom stereocenters. The van der Waals surface area contributed by atoms with Crippen LogP contribution in [0.1, 0.15) is 69.4 Å². The van der Waals surface area contributed by atoms with E-state index in [1.165, 1.54) is 12.1 Å². The minimum absolute atomic E-state index is 0.0266. The molecule has 51 heavy (non-hydrogen) atoms. The first kappa shape index (κ1) is 40.0. The Morgan fingerprint density at radius 2 is 1.47 bits per heavy atom. The molecule has 3 atom stereocenters. The van der Waals surface area contributed by atoms with Crippen molar-refractivity contribution in [2.75, 3.05) is 18.4 Å². The van der Waals surface area contributed by atoms with E-state index in [-0.39, 0.29) is 32.0 Å². The van der Waals surface area contributed by atoms with E-state index in [0.717, 1.165) is 17.5 Å². The van der Waals surface area contributed by atoms with Gasteiger partial charge in [0.2, 0.25) is 17.7 Å². The van der Waals surface area contributed by atoms with Crippen LogP contribution in [0.3, 0.4) is 0 Å². The third kappa shape index (κ3) is 13.8. The van der Waals surface area contributed by atoms with Crippen LogP contribution in [0.25, 0.3) is 11.0 Å². The Morgan fingerprint density at radius 1 is 0.824 bits per heavy atom. The number of hydrogen-bond donors (Lipinski definition) is 7. The molecule has 0 spiro atoms. The molecule has 1 heterocycles. The van der Waals surface area contributed by atoms with Crippen molar-refractivity contribution in [1.82, 2.24) is 16.0 Å². The third-order valence-corrected chi connectivity index (χ3v) is 8.04. The van der Waals surface area contributed by atoms with Crippen molar-refractivity contribution < 1.29 is 28.3 Å². The summed E-state index contributed by atoms with van der Waals surface area (Å²) in [5, 5.41) is 11.7. The Morgan fingerprint density at radius 3 is 2.14 bits per heavy atom. The van der Waals surface area contributed by atoms with Gasteiger partial charge in [-0.3, -0.25) is 19.4 Å². The van der Waals surface area contributed by atoms with Crippen LogP contribution in [-0.2, 0) is 25.7 Å². The van der Waals surface area contributed by atoms with E-state index in [1.54, 1.807) is 19.1 Å². The molecule has 15 nitrogen and oxygen atoms in total. The van der Waals surface area contributed by atoms with Crippen molar-refractivity contribution in [1.29, 1.82) is 0 Å². The van der Waals surface area contributed by atoms with Gasteiger partial charge in [0.15, 0.2) is 5.96 Å². The predicted octanol–water partition coefficient (Wildman–Crippen LogP) is 2.68. The molecular formula is C36H50N8O7. The van der Waals surface area contributed by atoms with Crippen LogP contribution in [0.2, 0.25) is 0 Å². The Labute approximate surface area is 297 Å². The molecule has 15 heteroatoms. The Bertz CT molecular complexity index is 1690. The first-order chi connectivity index (χ1) is 24.5. The minimum Gasteiger partial charge on any atom is -0.445 e. The Hall–Kier alpha value is -5.44. The molecule has 0 saturated heterocycles. The van der Waals surface area contributed by atoms with Gasteiger partial charge < -0.3 is 47.6 Å². The average molecular weight is 707 g/mol. The molecular weight excluding hydrogens is 656 g/mol. The maximum Gasteiger partial charge on any atom is 0.408 e. The van der Waals surface area contributed by atoms with Crippen LogP contribution in [0.15, 0.2) is 68.8 Å². The molecule has 0 saturated carbocycles. The van der Waals surface area contributed by atoms with Gasteiger partial charge in [0.05, 0.1) is 0 Å². The molecule has 276 valence electrons. The number of benzene rings is 2. The van der Waals surface area contributed by atoms with Crippen LogP contribution in [0.5, 0.6) is 0 Å². The number of unbranched alkanes of at least 4 members (excludes halogenated alkanes) is 2. The van der Waals surface area contributed by atoms with E-state index in [1.807, 2.05) is 37.3 Å². The molecule has 0 aliphatic rings. The van der Waals surface area contributed by atoms with Gasteiger partial charge in [-0.1, -0.05) is 50.1 Å². The lowest BCUT2D eigenvalue weighted by Gasteiger charge is -2.25. The van der Waals surface area contributed by atoms with Crippen LogP contribution < -0.4 is 44.1 Å². The Kier molecular flexibility index (Phi) is 16.4. The molecule has 0 radical (unpaired) electrons. The molecule has 3 aromatic rings. The number of fused-ring (bicyclic) bond motifs is 1. The number of nitrogens with zero attached hydrogens (tertiary/aromatic N) is 1. The largest absolute Gasteiger partial charge is 0.445 e. The summed E-state index contributed by atoms with van der Waals surface area (Å²) in [6.45, 7) is 4.36. The number of amides is 4. The summed E-state index contributed by atoms with van der Waals surface area (Å²) in [6.07, 6.45) is 2.82. The molecule has 0 fully saturated rings. The van der Waals surface area contributed by atoms with Gasteiger partial charge in [0.1, 0.15) is 30.3 Å². The highest BCUT2D eigenvalue weighted by Gasteiger charge is 2.30. The first-order valence-corrected chi connectivity index (χ1v) is 17.2. The maximum atomic E-state index is 13.8. The van der Waals surface area contributed by atoms with E-state index in [0.29, 0.717) is 55.3 Å². The van der Waals surface area contributed by atoms with Gasteiger partial charge in [-0.2, -0.15) is 0 Å². The van der Waals surface area contributed by atoms with Gasteiger partial charge in [-0.15, -0.1) is 0 Å². The fraction of sp³-hybridized carbons (Fsp3) is 0.444. The van der Waals surface area contributed by atoms with E-state index in [4.69, 9.17) is 26.4 Å². The highest BCUT2D eigenvalue weighted by atomic mass is 16.5. The lowest BCUT2D eigenvalue weighted by Crippen LogP contribution is -2.56. The molecule has 10 N–H and O–H groups in total. The number of nitrogens with two attached hydrogens (primary N) is 3. The van der Waals surface area contributed by atoms with Crippen LogP contribution >= 0.6 is 0 Å². The molecule has 2 aromatic carbocycles. The average Bonchev–Trinajstić information content (AvgIpc) is 3.09. The summed E-state index contributed by atoms with van der Waals surface area (Å²) in [6, 6.07) is 12.4. The van der Waals surface area contributed by atoms with Gasteiger partial charge in [-0.05, 0) is 75.3 Å². The monoisotopic (exact) mass is 706 g/mol. The smallest absolute Gasteiger partial charge is 0.408 e. The Balaban J connectivity index is 1.76. The van der Waals surface area contributed by atoms with E-state index < -0.39 is 47.6 Å². The third-order valence-electron chi connectivity index (χ3n) is 8.04. The van der Waals surface area contributed by atoms with Gasteiger partial charge in [-0.25, -0.2) is 9.59 Å². The number of rotatable bonds is 20. The number of hydrogen-bond acceptors (Lipinski definition) is 9. The lowest BCUT2D eigenvalue weighted by atomic mass is 10.0. The normalized spacial score (nSPS) is 12.6. The number of aryl methyl sites for hydroxylation is 1. The first-order valence-electron chi connectivity index (χ1n) is 17.2. The van der Waals surface area contributed by atoms with E-state index >= 15 is 0 Å². The molecule has 1 aromatic heterocycles. The van der Waals surface area contributed by atoms with Gasteiger partial charge >= 0.3 is 11.7 Å². The number of alkyl carbamates (subject to hydrolysis) is 1. The zero-order valence-electron chi connectivity index (χ0n) is 29.2. The number of ether oxygens (including phenoxy) is 1. The number of guanidine groups is 1. The maximum absolute atomic E-state index is 13.8. The van der Waals surface area contributed by atoms with Crippen molar-refractivity contribution in [3.8, 4) is 0 Å². The fourth-order valence-corrected chi connectivity index (χ4v) is 5.29. The topological polar surface area (TPSA) is 246 Å². The highest BCUT2D eigenvalue weighted by molar-refractivity contribution is 6.00. The van der Waals surface area contributed by atoms with Crippen molar-refractivity contribution in [2.24, 2.45) is 22.2 Å². The number of carbonyl (C=O) groups is 4. The van der Waals surface area contributed by atoms with Crippen molar-refractivity contribution in [3.05, 3.63) is 76.1 Å². The summed E-state index contributed by atoms with van der Waals surface area (Å²) in [4.78, 5) is 69.5. The summed E-state index contributed by atoms with van der Waals surface area (Å²) in [5.41, 5.74) is 18.2. The summed E-state index contributed by atoms with van der Waals surface area (Å²) in [5.74, 6) is -1.80. The van der Waals surface area contributed by atoms with Crippen molar-refractivity contribution >= 4 is 46.4 Å². The summed E-state index contributed by atoms with van der Waals surface area (Å²) < 4.78 is 10.6. The van der Waals surface area contributed by atoms with Crippen LogP contribution in [-0.4, -0.2) is 61.0 Å². The van der Waals surface area contributed by atoms with Crippen molar-refractivity contribution in [3.63, 3.8) is 0 Å².